The lowest BCUT2D eigenvalue weighted by atomic mass is 9.89. The van der Waals surface area contributed by atoms with Crippen molar-refractivity contribution in [3.8, 4) is 0 Å². The van der Waals surface area contributed by atoms with E-state index in [-0.39, 0.29) is 37.2 Å². The lowest BCUT2D eigenvalue weighted by Gasteiger charge is -2.27. The van der Waals surface area contributed by atoms with Crippen LogP contribution in [-0.4, -0.2) is 82.2 Å². The number of carbonyl (C=O) groups excluding carboxylic acids is 2. The van der Waals surface area contributed by atoms with Crippen molar-refractivity contribution < 1.29 is 49.1 Å². The fourth-order valence-electron chi connectivity index (χ4n) is 3.38. The Labute approximate surface area is 226 Å². The molecule has 0 aliphatic carbocycles. The normalized spacial score (nSPS) is 13.2. The predicted molar refractivity (Wildman–Crippen MR) is 140 cm³/mol. The number of benzene rings is 1. The van der Waals surface area contributed by atoms with Gasteiger partial charge in [0.1, 0.15) is 12.1 Å². The smallest absolute Gasteiger partial charge is 0.326 e. The number of hydrogen-bond donors (Lipinski definition) is 7. The van der Waals surface area contributed by atoms with Crippen molar-refractivity contribution in [1.82, 2.24) is 10.6 Å². The number of aliphatic hydroxyl groups is 1. The van der Waals surface area contributed by atoms with Crippen molar-refractivity contribution in [2.45, 2.75) is 65.5 Å². The molecule has 3 amide bonds. The van der Waals surface area contributed by atoms with Crippen molar-refractivity contribution >= 4 is 35.5 Å². The summed E-state index contributed by atoms with van der Waals surface area (Å²) in [5.41, 5.74) is 0.190. The molecule has 13 heteroatoms. The van der Waals surface area contributed by atoms with E-state index in [1.165, 1.54) is 0 Å². The summed E-state index contributed by atoms with van der Waals surface area (Å²) >= 11 is 0. The Balaban J connectivity index is 2.66. The summed E-state index contributed by atoms with van der Waals surface area (Å²) in [6.45, 7) is 8.20. The summed E-state index contributed by atoms with van der Waals surface area (Å²) < 4.78 is 5.68. The first-order valence-electron chi connectivity index (χ1n) is 12.4. The van der Waals surface area contributed by atoms with Crippen molar-refractivity contribution in [2.75, 3.05) is 25.1 Å². The van der Waals surface area contributed by atoms with E-state index in [1.807, 2.05) is 27.7 Å². The first-order chi connectivity index (χ1) is 18.0. The van der Waals surface area contributed by atoms with Gasteiger partial charge >= 0.3 is 23.9 Å². The molecule has 1 aromatic carbocycles. The Kier molecular flexibility index (Phi) is 12.8. The molecule has 0 bridgehead atoms. The second-order valence-corrected chi connectivity index (χ2v) is 10.9. The van der Waals surface area contributed by atoms with Gasteiger partial charge in [0.15, 0.2) is 0 Å². The van der Waals surface area contributed by atoms with Gasteiger partial charge in [-0.2, -0.15) is 0 Å². The molecule has 0 heterocycles. The van der Waals surface area contributed by atoms with Gasteiger partial charge in [0, 0.05) is 30.4 Å². The monoisotopic (exact) mass is 553 g/mol. The summed E-state index contributed by atoms with van der Waals surface area (Å²) in [5.74, 6) is -4.28. The van der Waals surface area contributed by atoms with Crippen LogP contribution in [0.15, 0.2) is 24.3 Å². The molecule has 2 atom stereocenters. The van der Waals surface area contributed by atoms with Crippen molar-refractivity contribution in [1.29, 1.82) is 0 Å². The maximum Gasteiger partial charge on any atom is 0.326 e. The average molecular weight is 554 g/mol. The number of rotatable bonds is 17. The molecule has 1 aromatic rings. The third-order valence-corrected chi connectivity index (χ3v) is 5.58. The fourth-order valence-corrected chi connectivity index (χ4v) is 3.38. The van der Waals surface area contributed by atoms with Crippen LogP contribution in [0.25, 0.3) is 0 Å². The topological polar surface area (TPSA) is 212 Å². The number of hydrogen-bond acceptors (Lipinski definition) is 7. The van der Waals surface area contributed by atoms with Gasteiger partial charge in [-0.05, 0) is 29.5 Å². The molecule has 0 aromatic heterocycles. The summed E-state index contributed by atoms with van der Waals surface area (Å²) in [6, 6.07) is 2.40. The first kappa shape index (κ1) is 33.3. The van der Waals surface area contributed by atoms with Gasteiger partial charge in [0.05, 0.1) is 19.8 Å². The van der Waals surface area contributed by atoms with E-state index in [0.29, 0.717) is 24.5 Å². The Hall–Kier alpha value is -3.71. The van der Waals surface area contributed by atoms with Crippen LogP contribution >= 0.6 is 0 Å². The Bertz CT molecular complexity index is 1010. The second-order valence-electron chi connectivity index (χ2n) is 10.9. The van der Waals surface area contributed by atoms with Crippen molar-refractivity contribution in [2.24, 2.45) is 10.8 Å². The highest BCUT2D eigenvalue weighted by molar-refractivity contribution is 5.91. The Morgan fingerprint density at radius 2 is 1.38 bits per heavy atom. The largest absolute Gasteiger partial charge is 0.481 e. The predicted octanol–water partition coefficient (Wildman–Crippen LogP) is 1.69. The molecule has 0 aliphatic rings. The molecule has 0 unspecified atom stereocenters. The summed E-state index contributed by atoms with van der Waals surface area (Å²) in [6.07, 6.45) is -0.803. The number of carboxylic acids is 3. The maximum atomic E-state index is 12.5. The molecule has 13 nitrogen and oxygen atoms in total. The Morgan fingerprint density at radius 3 is 1.90 bits per heavy atom. The molecular weight excluding hydrogens is 514 g/mol. The van der Waals surface area contributed by atoms with Crippen LogP contribution in [0, 0.1) is 10.8 Å². The van der Waals surface area contributed by atoms with E-state index in [1.54, 1.807) is 24.3 Å². The van der Waals surface area contributed by atoms with Crippen LogP contribution in [0.2, 0.25) is 0 Å². The van der Waals surface area contributed by atoms with E-state index in [2.05, 4.69) is 16.0 Å². The van der Waals surface area contributed by atoms with Gasteiger partial charge in [0.25, 0.3) is 0 Å². The number of anilines is 1. The SMILES string of the molecule is CC(C)(CO)COCC(C)(C)CC(=O)Nc1ccc(C[C@H](NC(=O)N[C@@H](CCC(=O)O)C(=O)O)C(=O)O)cc1. The van der Waals surface area contributed by atoms with Crippen LogP contribution in [0.5, 0.6) is 0 Å². The van der Waals surface area contributed by atoms with Crippen molar-refractivity contribution in [3.05, 3.63) is 29.8 Å². The maximum absolute atomic E-state index is 12.5. The lowest BCUT2D eigenvalue weighted by Crippen LogP contribution is -2.51. The van der Waals surface area contributed by atoms with Gasteiger partial charge in [-0.25, -0.2) is 14.4 Å². The zero-order valence-corrected chi connectivity index (χ0v) is 22.7. The van der Waals surface area contributed by atoms with Gasteiger partial charge < -0.3 is 41.1 Å². The minimum atomic E-state index is -1.50. The summed E-state index contributed by atoms with van der Waals surface area (Å²) in [7, 11) is 0. The van der Waals surface area contributed by atoms with E-state index in [9.17, 15) is 34.2 Å². The number of aliphatic hydroxyl groups excluding tert-OH is 1. The third-order valence-electron chi connectivity index (χ3n) is 5.58. The van der Waals surface area contributed by atoms with Gasteiger partial charge in [-0.1, -0.05) is 39.8 Å². The van der Waals surface area contributed by atoms with Crippen LogP contribution in [-0.2, 0) is 30.3 Å². The third kappa shape index (κ3) is 13.6. The molecular formula is C26H39N3O10. The highest BCUT2D eigenvalue weighted by Crippen LogP contribution is 2.24. The first-order valence-corrected chi connectivity index (χ1v) is 12.4. The van der Waals surface area contributed by atoms with Crippen LogP contribution < -0.4 is 16.0 Å². The number of ether oxygens (including phenoxy) is 1. The standard InChI is InChI=1S/C26H39N3O10/c1-25(2,14-39-15-26(3,4)13-30)12-20(31)27-17-7-5-16(6-8-17)11-19(23(36)37)29-24(38)28-18(22(34)35)9-10-21(32)33/h5-8,18-19,30H,9-15H2,1-4H3,(H,27,31)(H,32,33)(H,34,35)(H,36,37)(H2,28,29,38)/t18-,19-/m0/s1. The lowest BCUT2D eigenvalue weighted by molar-refractivity contribution is -0.140. The van der Waals surface area contributed by atoms with Gasteiger partial charge in [-0.3, -0.25) is 9.59 Å². The van der Waals surface area contributed by atoms with Crippen molar-refractivity contribution in [3.63, 3.8) is 0 Å². The number of amides is 3. The number of carboxylic acid groups (broad SMARTS) is 3. The van der Waals surface area contributed by atoms with Gasteiger partial charge in [-0.15, -0.1) is 0 Å². The molecule has 0 radical (unpaired) electrons. The quantitative estimate of drug-likeness (QED) is 0.148. The molecule has 1 rings (SSSR count). The molecule has 218 valence electrons. The van der Waals surface area contributed by atoms with E-state index < -0.39 is 47.9 Å². The number of nitrogens with one attached hydrogen (secondary N) is 3. The molecule has 0 spiro atoms. The van der Waals surface area contributed by atoms with E-state index >= 15 is 0 Å². The minimum Gasteiger partial charge on any atom is -0.481 e. The molecule has 0 saturated heterocycles. The number of aliphatic carboxylic acids is 3. The van der Waals surface area contributed by atoms with Crippen LogP contribution in [0.1, 0.15) is 52.5 Å². The minimum absolute atomic E-state index is 0.0137. The second kappa shape index (κ2) is 15.0. The van der Waals surface area contributed by atoms with E-state index in [0.717, 1.165) is 0 Å². The molecule has 0 saturated carbocycles. The molecule has 0 aliphatic heterocycles. The fraction of sp³-hybridized carbons (Fsp3) is 0.577. The zero-order valence-electron chi connectivity index (χ0n) is 22.7. The molecule has 7 N–H and O–H groups in total. The zero-order chi connectivity index (χ0) is 29.8. The molecule has 0 fully saturated rings. The summed E-state index contributed by atoms with van der Waals surface area (Å²) in [5, 5.41) is 43.7. The highest BCUT2D eigenvalue weighted by Gasteiger charge is 2.26. The summed E-state index contributed by atoms with van der Waals surface area (Å²) in [4.78, 5) is 58.2. The highest BCUT2D eigenvalue weighted by atomic mass is 16.5. The van der Waals surface area contributed by atoms with Crippen LogP contribution in [0.4, 0.5) is 10.5 Å². The Morgan fingerprint density at radius 1 is 0.846 bits per heavy atom. The average Bonchev–Trinajstić information content (AvgIpc) is 2.81. The van der Waals surface area contributed by atoms with E-state index in [4.69, 9.17) is 14.9 Å². The molecule has 39 heavy (non-hydrogen) atoms. The number of urea groups is 1. The van der Waals surface area contributed by atoms with Gasteiger partial charge in [0.2, 0.25) is 5.91 Å². The number of carbonyl (C=O) groups is 5. The van der Waals surface area contributed by atoms with Crippen LogP contribution in [0.3, 0.4) is 0 Å².